The fourth-order valence-electron chi connectivity index (χ4n) is 7.28. The van der Waals surface area contributed by atoms with Crippen LogP contribution in [0.15, 0.2) is 92.7 Å². The number of thiophene rings is 2. The first-order valence-corrected chi connectivity index (χ1v) is 17.3. The standard InChI is InChI=1S/C37H48N2O2S2/c1-33(2,31-10-8-18-41-31)14-15-35(5,28-12-19-40-23-28)26-36(6,30-22-38-27-39-30)16-17-37(7,32-11-9-20-43-32)25-34(3,4)29-13-21-42-24-29/h8-13,18-24,27H,14-17,25-26H2,1-7H3,(H,38,39). The fraction of sp³-hybridized carbons (Fsp3) is 0.486. The Morgan fingerprint density at radius 1 is 0.744 bits per heavy atom. The maximum Gasteiger partial charge on any atom is 0.109 e. The Bertz CT molecular complexity index is 1500. The Hall–Kier alpha value is -2.83. The first kappa shape index (κ1) is 31.6. The predicted octanol–water partition coefficient (Wildman–Crippen LogP) is 11.2. The maximum atomic E-state index is 5.86. The van der Waals surface area contributed by atoms with E-state index >= 15 is 0 Å². The summed E-state index contributed by atoms with van der Waals surface area (Å²) in [5, 5.41) is 6.76. The van der Waals surface area contributed by atoms with E-state index in [0.29, 0.717) is 0 Å². The molecule has 3 atom stereocenters. The molecule has 5 heterocycles. The Morgan fingerprint density at radius 2 is 1.53 bits per heavy atom. The van der Waals surface area contributed by atoms with Crippen molar-refractivity contribution in [3.8, 4) is 0 Å². The first-order valence-electron chi connectivity index (χ1n) is 15.5. The van der Waals surface area contributed by atoms with Gasteiger partial charge >= 0.3 is 0 Å². The Kier molecular flexibility index (Phi) is 9.02. The third kappa shape index (κ3) is 6.96. The summed E-state index contributed by atoms with van der Waals surface area (Å²) in [5.41, 5.74) is 3.60. The molecule has 5 rings (SSSR count). The van der Waals surface area contributed by atoms with Crippen LogP contribution in [0.5, 0.6) is 0 Å². The van der Waals surface area contributed by atoms with E-state index in [-0.39, 0.29) is 27.1 Å². The predicted molar refractivity (Wildman–Crippen MR) is 180 cm³/mol. The van der Waals surface area contributed by atoms with E-state index in [2.05, 4.69) is 106 Å². The number of furan rings is 2. The zero-order valence-electron chi connectivity index (χ0n) is 26.9. The van der Waals surface area contributed by atoms with E-state index in [1.165, 1.54) is 16.0 Å². The van der Waals surface area contributed by atoms with Gasteiger partial charge in [-0.05, 0) is 107 Å². The van der Waals surface area contributed by atoms with Gasteiger partial charge in [0.1, 0.15) is 5.76 Å². The van der Waals surface area contributed by atoms with E-state index in [9.17, 15) is 0 Å². The van der Waals surface area contributed by atoms with Gasteiger partial charge in [0.05, 0.1) is 30.8 Å². The van der Waals surface area contributed by atoms with Crippen LogP contribution in [0.1, 0.15) is 114 Å². The van der Waals surface area contributed by atoms with Crippen molar-refractivity contribution in [3.63, 3.8) is 0 Å². The molecule has 0 aromatic carbocycles. The maximum absolute atomic E-state index is 5.86. The van der Waals surface area contributed by atoms with Crippen LogP contribution >= 0.6 is 22.7 Å². The summed E-state index contributed by atoms with van der Waals surface area (Å²) in [7, 11) is 0. The molecule has 3 unspecified atom stereocenters. The molecule has 230 valence electrons. The highest BCUT2D eigenvalue weighted by Crippen LogP contribution is 2.50. The van der Waals surface area contributed by atoms with Crippen LogP contribution in [0, 0.1) is 0 Å². The SMILES string of the molecule is CC(C)(CC(C)(CCC(C)(CC(C)(CCC(C)(C)c1ccco1)c1ccoc1)c1c[nH]cn1)c1cccs1)c1ccsc1. The second-order valence-electron chi connectivity index (χ2n) is 14.7. The lowest BCUT2D eigenvalue weighted by Crippen LogP contribution is -2.38. The molecule has 1 N–H and O–H groups in total. The van der Waals surface area contributed by atoms with E-state index in [1.807, 2.05) is 36.3 Å². The Labute approximate surface area is 266 Å². The second-order valence-corrected chi connectivity index (χ2v) is 16.5. The summed E-state index contributed by atoms with van der Waals surface area (Å²) >= 11 is 3.69. The van der Waals surface area contributed by atoms with Gasteiger partial charge in [-0.25, -0.2) is 4.98 Å². The fourth-order valence-corrected chi connectivity index (χ4v) is 9.04. The molecule has 0 spiro atoms. The molecule has 6 heteroatoms. The Morgan fingerprint density at radius 3 is 2.14 bits per heavy atom. The van der Waals surface area contributed by atoms with E-state index in [1.54, 1.807) is 17.6 Å². The number of H-pyrrole nitrogens is 1. The minimum atomic E-state index is -0.147. The number of imidazole rings is 1. The highest BCUT2D eigenvalue weighted by atomic mass is 32.1. The van der Waals surface area contributed by atoms with Crippen LogP contribution in [-0.2, 0) is 27.1 Å². The number of nitrogens with one attached hydrogen (secondary N) is 1. The molecule has 0 aliphatic heterocycles. The van der Waals surface area contributed by atoms with E-state index < -0.39 is 0 Å². The average Bonchev–Trinajstić information content (AvgIpc) is 3.78. The molecule has 5 aromatic rings. The van der Waals surface area contributed by atoms with Gasteiger partial charge in [-0.15, -0.1) is 11.3 Å². The molecule has 0 fully saturated rings. The Balaban J connectivity index is 1.45. The molecule has 0 aliphatic rings. The molecular formula is C37H48N2O2S2. The van der Waals surface area contributed by atoms with E-state index in [0.717, 1.165) is 50.0 Å². The molecule has 0 radical (unpaired) electrons. The van der Waals surface area contributed by atoms with Crippen molar-refractivity contribution in [3.05, 3.63) is 111 Å². The monoisotopic (exact) mass is 616 g/mol. The first-order chi connectivity index (χ1) is 20.4. The molecule has 5 aromatic heterocycles. The third-order valence-corrected chi connectivity index (χ3v) is 11.9. The van der Waals surface area contributed by atoms with Crippen LogP contribution in [0.2, 0.25) is 0 Å². The van der Waals surface area contributed by atoms with Gasteiger partial charge in [0.25, 0.3) is 0 Å². The number of rotatable bonds is 15. The van der Waals surface area contributed by atoms with Gasteiger partial charge in [0.15, 0.2) is 0 Å². The molecule has 0 amide bonds. The van der Waals surface area contributed by atoms with Crippen LogP contribution in [0.3, 0.4) is 0 Å². The van der Waals surface area contributed by atoms with Crippen molar-refractivity contribution in [2.75, 3.05) is 0 Å². The number of aromatic amines is 1. The van der Waals surface area contributed by atoms with Crippen molar-refractivity contribution in [2.24, 2.45) is 0 Å². The summed E-state index contributed by atoms with van der Waals surface area (Å²) in [6.45, 7) is 16.7. The van der Waals surface area contributed by atoms with Crippen LogP contribution < -0.4 is 0 Å². The topological polar surface area (TPSA) is 55.0 Å². The highest BCUT2D eigenvalue weighted by Gasteiger charge is 2.43. The van der Waals surface area contributed by atoms with Gasteiger partial charge < -0.3 is 13.8 Å². The summed E-state index contributed by atoms with van der Waals surface area (Å²) < 4.78 is 11.5. The number of nitrogens with zero attached hydrogens (tertiary/aromatic N) is 1. The van der Waals surface area contributed by atoms with Gasteiger partial charge in [-0.2, -0.15) is 11.3 Å². The lowest BCUT2D eigenvalue weighted by Gasteiger charge is -2.43. The number of hydrogen-bond donors (Lipinski definition) is 1. The number of hydrogen-bond acceptors (Lipinski definition) is 5. The van der Waals surface area contributed by atoms with Crippen LogP contribution in [0.4, 0.5) is 0 Å². The zero-order chi connectivity index (χ0) is 30.8. The lowest BCUT2D eigenvalue weighted by molar-refractivity contribution is 0.217. The molecule has 4 nitrogen and oxygen atoms in total. The van der Waals surface area contributed by atoms with Crippen LogP contribution in [0.25, 0.3) is 0 Å². The average molecular weight is 617 g/mol. The molecule has 43 heavy (non-hydrogen) atoms. The van der Waals surface area contributed by atoms with Crippen molar-refractivity contribution >= 4 is 22.7 Å². The molecular weight excluding hydrogens is 569 g/mol. The van der Waals surface area contributed by atoms with Gasteiger partial charge in [-0.1, -0.05) is 54.5 Å². The smallest absolute Gasteiger partial charge is 0.109 e. The second kappa shape index (κ2) is 12.3. The summed E-state index contributed by atoms with van der Waals surface area (Å²) in [5.74, 6) is 1.04. The minimum Gasteiger partial charge on any atom is -0.472 e. The van der Waals surface area contributed by atoms with Crippen molar-refractivity contribution < 1.29 is 8.83 Å². The lowest BCUT2D eigenvalue weighted by atomic mass is 9.61. The van der Waals surface area contributed by atoms with Gasteiger partial charge in [-0.3, -0.25) is 0 Å². The van der Waals surface area contributed by atoms with Crippen molar-refractivity contribution in [2.45, 2.75) is 114 Å². The number of aromatic nitrogens is 2. The summed E-state index contributed by atoms with van der Waals surface area (Å²) in [6, 6.07) is 13.1. The molecule has 0 saturated carbocycles. The third-order valence-electron chi connectivity index (χ3n) is 10.1. The quantitative estimate of drug-likeness (QED) is 0.127. The summed E-state index contributed by atoms with van der Waals surface area (Å²) in [6.07, 6.45) is 15.7. The molecule has 0 saturated heterocycles. The van der Waals surface area contributed by atoms with Crippen molar-refractivity contribution in [1.29, 1.82) is 0 Å². The normalized spacial score (nSPS) is 16.9. The molecule has 0 aliphatic carbocycles. The summed E-state index contributed by atoms with van der Waals surface area (Å²) in [4.78, 5) is 9.64. The van der Waals surface area contributed by atoms with Gasteiger partial charge in [0, 0.05) is 27.3 Å². The van der Waals surface area contributed by atoms with E-state index in [4.69, 9.17) is 13.8 Å². The van der Waals surface area contributed by atoms with Gasteiger partial charge in [0.2, 0.25) is 0 Å². The highest BCUT2D eigenvalue weighted by molar-refractivity contribution is 7.10. The largest absolute Gasteiger partial charge is 0.472 e. The molecule has 0 bridgehead atoms. The van der Waals surface area contributed by atoms with Crippen LogP contribution in [-0.4, -0.2) is 9.97 Å². The van der Waals surface area contributed by atoms with Crippen molar-refractivity contribution in [1.82, 2.24) is 9.97 Å². The zero-order valence-corrected chi connectivity index (χ0v) is 28.5. The minimum absolute atomic E-state index is 0.0322.